The molecule has 1 aromatic carbocycles. The van der Waals surface area contributed by atoms with Gasteiger partial charge in [-0.1, -0.05) is 24.3 Å². The van der Waals surface area contributed by atoms with E-state index in [9.17, 15) is 0 Å². The minimum atomic E-state index is -0.220. The van der Waals surface area contributed by atoms with E-state index in [4.69, 9.17) is 9.72 Å². The van der Waals surface area contributed by atoms with Gasteiger partial charge in [-0.2, -0.15) is 0 Å². The van der Waals surface area contributed by atoms with Crippen LogP contribution in [0.5, 0.6) is 0 Å². The van der Waals surface area contributed by atoms with Gasteiger partial charge in [0.1, 0.15) is 0 Å². The summed E-state index contributed by atoms with van der Waals surface area (Å²) in [5.41, 5.74) is 1.91. The van der Waals surface area contributed by atoms with Crippen molar-refractivity contribution in [3.63, 3.8) is 0 Å². The Morgan fingerprint density at radius 1 is 1.21 bits per heavy atom. The number of pyridine rings is 1. The van der Waals surface area contributed by atoms with Crippen LogP contribution in [0, 0.1) is 0 Å². The third-order valence-corrected chi connectivity index (χ3v) is 3.78. The normalized spacial score (nSPS) is 13.7. The fourth-order valence-electron chi connectivity index (χ4n) is 2.27. The van der Waals surface area contributed by atoms with Crippen LogP contribution in [0.25, 0.3) is 10.9 Å². The topological polar surface area (TPSA) is 34.2 Å². The number of fused-ring (bicyclic) bond motifs is 1. The average molecular weight is 258 g/mol. The Morgan fingerprint density at radius 2 is 1.95 bits per heavy atom. The van der Waals surface area contributed by atoms with E-state index >= 15 is 0 Å². The van der Waals surface area contributed by atoms with Crippen molar-refractivity contribution in [3.05, 3.63) is 42.1 Å². The zero-order valence-corrected chi connectivity index (χ0v) is 12.1. The van der Waals surface area contributed by atoms with E-state index in [1.807, 2.05) is 19.2 Å². The first-order valence-electron chi connectivity index (χ1n) is 6.64. The summed E-state index contributed by atoms with van der Waals surface area (Å²) in [5, 5.41) is 4.50. The lowest BCUT2D eigenvalue weighted by molar-refractivity contribution is -0.00820. The molecule has 1 atom stereocenters. The zero-order valence-electron chi connectivity index (χ0n) is 12.1. The van der Waals surface area contributed by atoms with Gasteiger partial charge in [0.05, 0.1) is 11.1 Å². The van der Waals surface area contributed by atoms with Crippen LogP contribution >= 0.6 is 0 Å². The van der Waals surface area contributed by atoms with Gasteiger partial charge in [-0.15, -0.1) is 0 Å². The van der Waals surface area contributed by atoms with Gasteiger partial charge in [0.15, 0.2) is 0 Å². The predicted octanol–water partition coefficient (Wildman–Crippen LogP) is 2.79. The van der Waals surface area contributed by atoms with Gasteiger partial charge in [-0.25, -0.2) is 0 Å². The summed E-state index contributed by atoms with van der Waals surface area (Å²) in [7, 11) is 3.71. The minimum absolute atomic E-state index is 0.220. The summed E-state index contributed by atoms with van der Waals surface area (Å²) in [5.74, 6) is 0. The number of likely N-dealkylation sites (N-methyl/N-ethyl adjacent to an activating group) is 1. The standard InChI is InChI=1S/C16H22N2O/c1-16(2,19-4)15(17-3)11-13-10-9-12-7-5-6-8-14(12)18-13/h5-10,15,17H,11H2,1-4H3. The van der Waals surface area contributed by atoms with Crippen molar-refractivity contribution >= 4 is 10.9 Å². The Hall–Kier alpha value is -1.45. The molecular weight excluding hydrogens is 236 g/mol. The number of nitrogens with zero attached hydrogens (tertiary/aromatic N) is 1. The van der Waals surface area contributed by atoms with Gasteiger partial charge in [0, 0.05) is 30.7 Å². The first kappa shape index (κ1) is 14.0. The molecule has 2 rings (SSSR count). The van der Waals surface area contributed by atoms with Gasteiger partial charge in [-0.3, -0.25) is 4.98 Å². The highest BCUT2D eigenvalue weighted by Crippen LogP contribution is 2.19. The van der Waals surface area contributed by atoms with Crippen LogP contribution in [0.2, 0.25) is 0 Å². The van der Waals surface area contributed by atoms with Crippen LogP contribution in [-0.4, -0.2) is 30.8 Å². The second kappa shape index (κ2) is 5.68. The quantitative estimate of drug-likeness (QED) is 0.895. The third-order valence-electron chi connectivity index (χ3n) is 3.78. The average Bonchev–Trinajstić information content (AvgIpc) is 2.44. The maximum Gasteiger partial charge on any atom is 0.0778 e. The molecule has 3 heteroatoms. The Balaban J connectivity index is 2.24. The lowest BCUT2D eigenvalue weighted by atomic mass is 9.94. The zero-order chi connectivity index (χ0) is 13.9. The molecule has 0 radical (unpaired) electrons. The van der Waals surface area contributed by atoms with Crippen molar-refractivity contribution in [3.8, 4) is 0 Å². The molecule has 102 valence electrons. The van der Waals surface area contributed by atoms with Gasteiger partial charge in [-0.05, 0) is 33.0 Å². The SMILES string of the molecule is CNC(Cc1ccc2ccccc2n1)C(C)(C)OC. The van der Waals surface area contributed by atoms with Crippen LogP contribution in [0.15, 0.2) is 36.4 Å². The van der Waals surface area contributed by atoms with Crippen LogP contribution < -0.4 is 5.32 Å². The Labute approximate surface area is 115 Å². The molecule has 0 bridgehead atoms. The molecule has 1 aromatic heterocycles. The number of benzene rings is 1. The molecule has 0 aliphatic carbocycles. The highest BCUT2D eigenvalue weighted by atomic mass is 16.5. The van der Waals surface area contributed by atoms with Gasteiger partial charge >= 0.3 is 0 Å². The molecule has 3 nitrogen and oxygen atoms in total. The summed E-state index contributed by atoms with van der Waals surface area (Å²) >= 11 is 0. The van der Waals surface area contributed by atoms with E-state index in [0.717, 1.165) is 17.6 Å². The highest BCUT2D eigenvalue weighted by Gasteiger charge is 2.28. The van der Waals surface area contributed by atoms with E-state index in [0.29, 0.717) is 0 Å². The molecule has 1 unspecified atom stereocenters. The van der Waals surface area contributed by atoms with E-state index in [-0.39, 0.29) is 11.6 Å². The molecule has 0 saturated carbocycles. The molecule has 0 aliphatic heterocycles. The van der Waals surface area contributed by atoms with Gasteiger partial charge in [0.2, 0.25) is 0 Å². The number of hydrogen-bond donors (Lipinski definition) is 1. The second-order valence-corrected chi connectivity index (χ2v) is 5.35. The number of hydrogen-bond acceptors (Lipinski definition) is 3. The molecule has 0 amide bonds. The van der Waals surface area contributed by atoms with Crippen molar-refractivity contribution in [2.45, 2.75) is 31.9 Å². The molecule has 0 spiro atoms. The first-order chi connectivity index (χ1) is 9.06. The molecule has 0 saturated heterocycles. The van der Waals surface area contributed by atoms with Crippen molar-refractivity contribution in [2.24, 2.45) is 0 Å². The maximum absolute atomic E-state index is 5.56. The smallest absolute Gasteiger partial charge is 0.0778 e. The number of para-hydroxylation sites is 1. The summed E-state index contributed by atoms with van der Waals surface area (Å²) in [6, 6.07) is 12.6. The summed E-state index contributed by atoms with van der Waals surface area (Å²) in [6.07, 6.45) is 0.849. The third kappa shape index (κ3) is 3.11. The minimum Gasteiger partial charge on any atom is -0.377 e. The fraction of sp³-hybridized carbons (Fsp3) is 0.438. The fourth-order valence-corrected chi connectivity index (χ4v) is 2.27. The lowest BCUT2D eigenvalue weighted by Crippen LogP contribution is -2.48. The Morgan fingerprint density at radius 3 is 2.63 bits per heavy atom. The second-order valence-electron chi connectivity index (χ2n) is 5.35. The Kier molecular flexibility index (Phi) is 4.17. The molecule has 0 fully saturated rings. The molecular formula is C16H22N2O. The molecule has 1 N–H and O–H groups in total. The van der Waals surface area contributed by atoms with E-state index in [1.165, 1.54) is 5.39 Å². The number of methoxy groups -OCH3 is 1. The highest BCUT2D eigenvalue weighted by molar-refractivity contribution is 5.78. The van der Waals surface area contributed by atoms with Crippen molar-refractivity contribution in [2.75, 3.05) is 14.2 Å². The van der Waals surface area contributed by atoms with Gasteiger partial charge < -0.3 is 10.1 Å². The van der Waals surface area contributed by atoms with Crippen LogP contribution in [-0.2, 0) is 11.2 Å². The molecule has 2 aromatic rings. The maximum atomic E-state index is 5.56. The first-order valence-corrected chi connectivity index (χ1v) is 6.64. The summed E-state index contributed by atoms with van der Waals surface area (Å²) in [4.78, 5) is 4.72. The predicted molar refractivity (Wildman–Crippen MR) is 79.4 cm³/mol. The van der Waals surface area contributed by atoms with E-state index in [2.05, 4.69) is 43.4 Å². The van der Waals surface area contributed by atoms with E-state index < -0.39 is 0 Å². The van der Waals surface area contributed by atoms with Crippen molar-refractivity contribution in [1.29, 1.82) is 0 Å². The van der Waals surface area contributed by atoms with Crippen LogP contribution in [0.1, 0.15) is 19.5 Å². The van der Waals surface area contributed by atoms with Crippen LogP contribution in [0.4, 0.5) is 0 Å². The van der Waals surface area contributed by atoms with Gasteiger partial charge in [0.25, 0.3) is 0 Å². The van der Waals surface area contributed by atoms with Crippen LogP contribution in [0.3, 0.4) is 0 Å². The largest absolute Gasteiger partial charge is 0.377 e. The van der Waals surface area contributed by atoms with E-state index in [1.54, 1.807) is 7.11 Å². The number of rotatable bonds is 5. The molecule has 1 heterocycles. The Bertz CT molecular complexity index is 551. The number of ether oxygens (including phenoxy) is 1. The number of nitrogens with one attached hydrogen (secondary N) is 1. The molecule has 19 heavy (non-hydrogen) atoms. The monoisotopic (exact) mass is 258 g/mol. The van der Waals surface area contributed by atoms with Crippen molar-refractivity contribution < 1.29 is 4.74 Å². The number of aromatic nitrogens is 1. The van der Waals surface area contributed by atoms with Crippen molar-refractivity contribution in [1.82, 2.24) is 10.3 Å². The summed E-state index contributed by atoms with van der Waals surface area (Å²) < 4.78 is 5.56. The lowest BCUT2D eigenvalue weighted by Gasteiger charge is -2.32. The summed E-state index contributed by atoms with van der Waals surface area (Å²) in [6.45, 7) is 4.18. The molecule has 0 aliphatic rings.